The van der Waals surface area contributed by atoms with Crippen LogP contribution >= 0.6 is 11.3 Å². The molecule has 0 aliphatic rings. The maximum absolute atomic E-state index is 10.4. The standard InChI is InChI=1S/C7H6N2O2S/c1-2-6-3-5(4-8)7(12-6)9(10)11/h3H,2H2,1H3. The van der Waals surface area contributed by atoms with E-state index in [-0.39, 0.29) is 10.6 Å². The summed E-state index contributed by atoms with van der Waals surface area (Å²) in [6.45, 7) is 1.90. The fourth-order valence-electron chi connectivity index (χ4n) is 0.821. The molecular weight excluding hydrogens is 176 g/mol. The number of hydrogen-bond donors (Lipinski definition) is 0. The topological polar surface area (TPSA) is 66.9 Å². The SMILES string of the molecule is CCc1cc(C#N)c([N+](=O)[O-])s1. The molecule has 0 aliphatic carbocycles. The maximum Gasteiger partial charge on any atom is 0.342 e. The van der Waals surface area contributed by atoms with E-state index in [1.165, 1.54) is 0 Å². The van der Waals surface area contributed by atoms with Crippen molar-refractivity contribution in [1.82, 2.24) is 0 Å². The molecule has 0 aliphatic heterocycles. The van der Waals surface area contributed by atoms with Gasteiger partial charge in [-0.05, 0) is 12.5 Å². The largest absolute Gasteiger partial charge is 0.342 e. The van der Waals surface area contributed by atoms with E-state index >= 15 is 0 Å². The van der Waals surface area contributed by atoms with Gasteiger partial charge in [0, 0.05) is 4.88 Å². The van der Waals surface area contributed by atoms with Crippen LogP contribution in [0.15, 0.2) is 6.07 Å². The van der Waals surface area contributed by atoms with Gasteiger partial charge in [-0.25, -0.2) is 0 Å². The molecule has 0 bridgehead atoms. The molecule has 4 nitrogen and oxygen atoms in total. The lowest BCUT2D eigenvalue weighted by Crippen LogP contribution is -1.85. The van der Waals surface area contributed by atoms with E-state index in [0.29, 0.717) is 0 Å². The molecule has 5 heteroatoms. The van der Waals surface area contributed by atoms with Crippen molar-refractivity contribution in [1.29, 1.82) is 5.26 Å². The second kappa shape index (κ2) is 3.32. The number of rotatable bonds is 2. The van der Waals surface area contributed by atoms with Crippen molar-refractivity contribution in [3.8, 4) is 6.07 Å². The average molecular weight is 182 g/mol. The Balaban J connectivity index is 3.19. The Labute approximate surface area is 73.2 Å². The summed E-state index contributed by atoms with van der Waals surface area (Å²) in [5.41, 5.74) is 0.168. The van der Waals surface area contributed by atoms with Crippen LogP contribution in [0.1, 0.15) is 17.4 Å². The van der Waals surface area contributed by atoms with Crippen LogP contribution in [0.4, 0.5) is 5.00 Å². The summed E-state index contributed by atoms with van der Waals surface area (Å²) >= 11 is 1.07. The molecular formula is C7H6N2O2S. The number of thiophene rings is 1. The van der Waals surface area contributed by atoms with Gasteiger partial charge < -0.3 is 0 Å². The second-order valence-corrected chi connectivity index (χ2v) is 3.27. The molecule has 1 heterocycles. The van der Waals surface area contributed by atoms with Crippen LogP contribution in [-0.2, 0) is 6.42 Å². The van der Waals surface area contributed by atoms with Crippen LogP contribution in [0.5, 0.6) is 0 Å². The Bertz CT molecular complexity index is 351. The molecule has 0 saturated heterocycles. The van der Waals surface area contributed by atoms with Gasteiger partial charge in [0.1, 0.15) is 11.6 Å². The first-order valence-electron chi connectivity index (χ1n) is 3.36. The summed E-state index contributed by atoms with van der Waals surface area (Å²) in [5, 5.41) is 18.9. The highest BCUT2D eigenvalue weighted by atomic mass is 32.1. The molecule has 62 valence electrons. The first-order chi connectivity index (χ1) is 5.69. The van der Waals surface area contributed by atoms with E-state index in [0.717, 1.165) is 22.6 Å². The molecule has 0 spiro atoms. The van der Waals surface area contributed by atoms with Gasteiger partial charge in [0.25, 0.3) is 0 Å². The highest BCUT2D eigenvalue weighted by Crippen LogP contribution is 2.29. The minimum absolute atomic E-state index is 0.0469. The number of nitro groups is 1. The molecule has 0 saturated carbocycles. The fourth-order valence-corrected chi connectivity index (χ4v) is 1.68. The minimum atomic E-state index is -0.512. The molecule has 0 atom stereocenters. The second-order valence-electron chi connectivity index (χ2n) is 2.15. The monoisotopic (exact) mass is 182 g/mol. The Morgan fingerprint density at radius 1 is 1.83 bits per heavy atom. The predicted octanol–water partition coefficient (Wildman–Crippen LogP) is 2.09. The van der Waals surface area contributed by atoms with Gasteiger partial charge in [-0.2, -0.15) is 5.26 Å². The first-order valence-corrected chi connectivity index (χ1v) is 4.18. The summed E-state index contributed by atoms with van der Waals surface area (Å²) in [6, 6.07) is 3.37. The number of aryl methyl sites for hydroxylation is 1. The van der Waals surface area contributed by atoms with E-state index in [9.17, 15) is 10.1 Å². The van der Waals surface area contributed by atoms with Gasteiger partial charge in [-0.1, -0.05) is 18.3 Å². The molecule has 1 aromatic heterocycles. The van der Waals surface area contributed by atoms with Crippen molar-refractivity contribution in [2.45, 2.75) is 13.3 Å². The zero-order chi connectivity index (χ0) is 9.14. The zero-order valence-corrected chi connectivity index (χ0v) is 7.22. The highest BCUT2D eigenvalue weighted by molar-refractivity contribution is 7.15. The van der Waals surface area contributed by atoms with E-state index in [4.69, 9.17) is 5.26 Å². The summed E-state index contributed by atoms with van der Waals surface area (Å²) in [7, 11) is 0. The van der Waals surface area contributed by atoms with Crippen molar-refractivity contribution < 1.29 is 4.92 Å². The Kier molecular flexibility index (Phi) is 2.41. The minimum Gasteiger partial charge on any atom is -0.258 e. The van der Waals surface area contributed by atoms with Crippen LogP contribution in [0.2, 0.25) is 0 Å². The van der Waals surface area contributed by atoms with E-state index in [2.05, 4.69) is 0 Å². The third kappa shape index (κ3) is 1.43. The number of nitrogens with zero attached hydrogens (tertiary/aromatic N) is 2. The van der Waals surface area contributed by atoms with Gasteiger partial charge in [0.05, 0.1) is 4.92 Å². The number of nitriles is 1. The van der Waals surface area contributed by atoms with Crippen LogP contribution in [0, 0.1) is 21.4 Å². The normalized spacial score (nSPS) is 9.33. The van der Waals surface area contributed by atoms with Gasteiger partial charge >= 0.3 is 5.00 Å². The summed E-state index contributed by atoms with van der Waals surface area (Å²) in [6.07, 6.45) is 0.729. The van der Waals surface area contributed by atoms with Gasteiger partial charge in [-0.15, -0.1) is 0 Å². The van der Waals surface area contributed by atoms with Crippen LogP contribution in [-0.4, -0.2) is 4.92 Å². The van der Waals surface area contributed by atoms with Crippen LogP contribution in [0.25, 0.3) is 0 Å². The van der Waals surface area contributed by atoms with Crippen molar-refractivity contribution in [2.75, 3.05) is 0 Å². The third-order valence-corrected chi connectivity index (χ3v) is 2.63. The smallest absolute Gasteiger partial charge is 0.258 e. The highest BCUT2D eigenvalue weighted by Gasteiger charge is 2.17. The van der Waals surface area contributed by atoms with Crippen LogP contribution < -0.4 is 0 Å². The zero-order valence-electron chi connectivity index (χ0n) is 6.40. The van der Waals surface area contributed by atoms with Crippen molar-refractivity contribution >= 4 is 16.3 Å². The molecule has 12 heavy (non-hydrogen) atoms. The van der Waals surface area contributed by atoms with Crippen molar-refractivity contribution in [3.05, 3.63) is 26.6 Å². The predicted molar refractivity (Wildman–Crippen MR) is 45.1 cm³/mol. The average Bonchev–Trinajstić information content (AvgIpc) is 2.47. The third-order valence-electron chi connectivity index (χ3n) is 1.40. The van der Waals surface area contributed by atoms with E-state index < -0.39 is 4.92 Å². The van der Waals surface area contributed by atoms with Gasteiger partial charge in [0.2, 0.25) is 0 Å². The lowest BCUT2D eigenvalue weighted by atomic mass is 10.3. The Morgan fingerprint density at radius 3 is 2.83 bits per heavy atom. The molecule has 1 rings (SSSR count). The molecule has 0 radical (unpaired) electrons. The Morgan fingerprint density at radius 2 is 2.50 bits per heavy atom. The maximum atomic E-state index is 10.4. The van der Waals surface area contributed by atoms with Gasteiger partial charge in [-0.3, -0.25) is 10.1 Å². The molecule has 0 aromatic carbocycles. The summed E-state index contributed by atoms with van der Waals surface area (Å²) < 4.78 is 0. The van der Waals surface area contributed by atoms with Crippen LogP contribution in [0.3, 0.4) is 0 Å². The quantitative estimate of drug-likeness (QED) is 0.519. The lowest BCUT2D eigenvalue weighted by Gasteiger charge is -1.82. The molecule has 0 fully saturated rings. The molecule has 0 N–H and O–H groups in total. The fraction of sp³-hybridized carbons (Fsp3) is 0.286. The lowest BCUT2D eigenvalue weighted by molar-refractivity contribution is -0.380. The Hall–Kier alpha value is -1.41. The summed E-state index contributed by atoms with van der Waals surface area (Å²) in [4.78, 5) is 10.7. The van der Waals surface area contributed by atoms with E-state index in [1.54, 1.807) is 12.1 Å². The van der Waals surface area contributed by atoms with Crippen molar-refractivity contribution in [2.24, 2.45) is 0 Å². The summed E-state index contributed by atoms with van der Waals surface area (Å²) in [5.74, 6) is 0. The van der Waals surface area contributed by atoms with Gasteiger partial charge in [0.15, 0.2) is 0 Å². The number of hydrogen-bond acceptors (Lipinski definition) is 4. The first kappa shape index (κ1) is 8.68. The van der Waals surface area contributed by atoms with Crippen molar-refractivity contribution in [3.63, 3.8) is 0 Å². The van der Waals surface area contributed by atoms with E-state index in [1.807, 2.05) is 6.92 Å². The molecule has 0 amide bonds. The molecule has 1 aromatic rings. The molecule has 0 unspecified atom stereocenters.